The first-order valence-corrected chi connectivity index (χ1v) is 13.1. The first-order chi connectivity index (χ1) is 18.8. The van der Waals surface area contributed by atoms with Crippen LogP contribution in [0, 0.1) is 5.41 Å². The summed E-state index contributed by atoms with van der Waals surface area (Å²) in [4.78, 5) is 46.3. The van der Waals surface area contributed by atoms with Crippen molar-refractivity contribution in [3.63, 3.8) is 0 Å². The number of H-pyrrole nitrogens is 1. The molecule has 1 spiro atoms. The minimum atomic E-state index is -1.91. The second kappa shape index (κ2) is 9.12. The number of fused-ring (bicyclic) bond motifs is 3. The highest BCUT2D eigenvalue weighted by molar-refractivity contribution is 6.08. The average Bonchev–Trinajstić information content (AvgIpc) is 3.30. The van der Waals surface area contributed by atoms with Gasteiger partial charge in [0.1, 0.15) is 5.92 Å². The van der Waals surface area contributed by atoms with Gasteiger partial charge in [-0.1, -0.05) is 78.9 Å². The highest BCUT2D eigenvalue weighted by Crippen LogP contribution is 2.64. The van der Waals surface area contributed by atoms with Crippen molar-refractivity contribution in [2.24, 2.45) is 5.41 Å². The van der Waals surface area contributed by atoms with E-state index in [0.29, 0.717) is 16.8 Å². The number of carbonyl (C=O) groups excluding carboxylic acids is 3. The number of ether oxygens (including phenoxy) is 3. The fourth-order valence-electron chi connectivity index (χ4n) is 6.46. The first kappa shape index (κ1) is 24.9. The van der Waals surface area contributed by atoms with E-state index in [1.807, 2.05) is 84.9 Å². The third-order valence-electron chi connectivity index (χ3n) is 7.84. The Labute approximate surface area is 226 Å². The molecular weight excluding hydrogens is 494 g/mol. The van der Waals surface area contributed by atoms with Crippen LogP contribution in [0.2, 0.25) is 0 Å². The zero-order valence-corrected chi connectivity index (χ0v) is 22.0. The summed E-state index contributed by atoms with van der Waals surface area (Å²) in [5.74, 6) is -6.22. The Morgan fingerprint density at radius 2 is 1.41 bits per heavy atom. The number of hydrogen-bond donors (Lipinski definition) is 1. The van der Waals surface area contributed by atoms with E-state index < -0.39 is 46.9 Å². The van der Waals surface area contributed by atoms with Crippen LogP contribution >= 0.6 is 0 Å². The van der Waals surface area contributed by atoms with Crippen molar-refractivity contribution in [2.75, 3.05) is 6.61 Å². The summed E-state index contributed by atoms with van der Waals surface area (Å²) in [7, 11) is 0. The van der Waals surface area contributed by atoms with E-state index in [-0.39, 0.29) is 6.61 Å². The normalized spacial score (nSPS) is 23.1. The molecule has 6 rings (SSSR count). The lowest BCUT2D eigenvalue weighted by Gasteiger charge is -2.52. The molecule has 1 N–H and O–H groups in total. The molecule has 1 aliphatic carbocycles. The molecule has 39 heavy (non-hydrogen) atoms. The topological polar surface area (TPSA) is 94.7 Å². The van der Waals surface area contributed by atoms with Crippen molar-refractivity contribution in [3.05, 3.63) is 107 Å². The maximum atomic E-state index is 14.5. The van der Waals surface area contributed by atoms with Crippen LogP contribution in [-0.4, -0.2) is 35.3 Å². The SMILES string of the molecule is CCOC(=O)[C@@H]1c2[nH]c3ccccc3c2[C@@H](c2ccccc2)C2(C(=O)OC(C)(C)OC2=O)[C@H]1c1ccccc1. The van der Waals surface area contributed by atoms with Crippen LogP contribution in [0.3, 0.4) is 0 Å². The second-order valence-corrected chi connectivity index (χ2v) is 10.5. The molecule has 7 heteroatoms. The Hall–Kier alpha value is -4.39. The summed E-state index contributed by atoms with van der Waals surface area (Å²) in [6.07, 6.45) is 0. The molecule has 3 aromatic carbocycles. The molecule has 1 fully saturated rings. The van der Waals surface area contributed by atoms with Gasteiger partial charge in [-0.15, -0.1) is 0 Å². The van der Waals surface area contributed by atoms with Crippen molar-refractivity contribution >= 4 is 28.8 Å². The fraction of sp³-hybridized carbons (Fsp3) is 0.281. The van der Waals surface area contributed by atoms with E-state index in [1.165, 1.54) is 13.8 Å². The Bertz CT molecular complexity index is 1550. The van der Waals surface area contributed by atoms with E-state index in [0.717, 1.165) is 16.5 Å². The molecule has 0 amide bonds. The van der Waals surface area contributed by atoms with E-state index in [1.54, 1.807) is 6.92 Å². The number of aromatic nitrogens is 1. The second-order valence-electron chi connectivity index (χ2n) is 10.5. The number of nitrogens with one attached hydrogen (secondary N) is 1. The van der Waals surface area contributed by atoms with Gasteiger partial charge in [-0.2, -0.15) is 0 Å². The molecule has 0 saturated carbocycles. The molecular formula is C32H29NO6. The predicted octanol–water partition coefficient (Wildman–Crippen LogP) is 5.57. The van der Waals surface area contributed by atoms with Gasteiger partial charge >= 0.3 is 17.9 Å². The van der Waals surface area contributed by atoms with Crippen LogP contribution < -0.4 is 0 Å². The molecule has 3 atom stereocenters. The minimum Gasteiger partial charge on any atom is -0.465 e. The number of aromatic amines is 1. The molecule has 1 aromatic heterocycles. The van der Waals surface area contributed by atoms with Gasteiger partial charge in [-0.25, -0.2) is 0 Å². The lowest BCUT2D eigenvalue weighted by molar-refractivity contribution is -0.255. The van der Waals surface area contributed by atoms with Gasteiger partial charge in [0, 0.05) is 42.3 Å². The van der Waals surface area contributed by atoms with Gasteiger partial charge in [-0.3, -0.25) is 14.4 Å². The summed E-state index contributed by atoms with van der Waals surface area (Å²) in [6, 6.07) is 26.2. The van der Waals surface area contributed by atoms with Gasteiger partial charge < -0.3 is 19.2 Å². The van der Waals surface area contributed by atoms with E-state index in [4.69, 9.17) is 14.2 Å². The van der Waals surface area contributed by atoms with Gasteiger partial charge in [0.2, 0.25) is 0 Å². The highest BCUT2D eigenvalue weighted by Gasteiger charge is 2.71. The van der Waals surface area contributed by atoms with Crippen LogP contribution in [0.4, 0.5) is 0 Å². The molecule has 1 aliphatic heterocycles. The summed E-state index contributed by atoms with van der Waals surface area (Å²) in [6.45, 7) is 4.95. The number of rotatable bonds is 4. The Balaban J connectivity index is 1.79. The average molecular weight is 524 g/mol. The molecule has 1 saturated heterocycles. The maximum Gasteiger partial charge on any atom is 0.328 e. The summed E-state index contributed by atoms with van der Waals surface area (Å²) < 4.78 is 17.4. The lowest BCUT2D eigenvalue weighted by atomic mass is 9.52. The molecule has 0 radical (unpaired) electrons. The third kappa shape index (κ3) is 3.67. The number of benzene rings is 3. The Morgan fingerprint density at radius 1 is 0.846 bits per heavy atom. The third-order valence-corrected chi connectivity index (χ3v) is 7.84. The molecule has 4 aromatic rings. The van der Waals surface area contributed by atoms with Gasteiger partial charge in [0.25, 0.3) is 5.79 Å². The van der Waals surface area contributed by atoms with Gasteiger partial charge in [-0.05, 0) is 29.7 Å². The Morgan fingerprint density at radius 3 is 2.03 bits per heavy atom. The van der Waals surface area contributed by atoms with Crippen LogP contribution in [0.5, 0.6) is 0 Å². The fourth-order valence-corrected chi connectivity index (χ4v) is 6.46. The largest absolute Gasteiger partial charge is 0.465 e. The van der Waals surface area contributed by atoms with Crippen LogP contribution in [-0.2, 0) is 28.6 Å². The standard InChI is InChI=1S/C32H29NO6/c1-4-37-28(34)24-26(20-15-9-6-10-16-20)32(29(35)38-31(2,3)39-30(32)36)25(19-13-7-5-8-14-19)23-21-17-11-12-18-22(21)33-27(23)24/h5-18,24-26,33H,4H2,1-3H3/t24-,25+,26-/m0/s1. The number of para-hydroxylation sites is 1. The van der Waals surface area contributed by atoms with Crippen molar-refractivity contribution < 1.29 is 28.6 Å². The van der Waals surface area contributed by atoms with Crippen LogP contribution in [0.25, 0.3) is 10.9 Å². The quantitative estimate of drug-likeness (QED) is 0.278. The summed E-state index contributed by atoms with van der Waals surface area (Å²) in [5.41, 5.74) is 1.56. The highest BCUT2D eigenvalue weighted by atomic mass is 16.7. The number of hydrogen-bond acceptors (Lipinski definition) is 6. The zero-order chi connectivity index (χ0) is 27.4. The summed E-state index contributed by atoms with van der Waals surface area (Å²) in [5, 5.41) is 0.812. The van der Waals surface area contributed by atoms with Crippen molar-refractivity contribution in [1.29, 1.82) is 0 Å². The van der Waals surface area contributed by atoms with Crippen LogP contribution in [0.15, 0.2) is 84.9 Å². The van der Waals surface area contributed by atoms with Crippen molar-refractivity contribution in [2.45, 2.75) is 44.3 Å². The van der Waals surface area contributed by atoms with Crippen LogP contribution in [0.1, 0.15) is 60.9 Å². The summed E-state index contributed by atoms with van der Waals surface area (Å²) >= 11 is 0. The van der Waals surface area contributed by atoms with E-state index >= 15 is 0 Å². The number of esters is 3. The zero-order valence-electron chi connectivity index (χ0n) is 22.0. The molecule has 2 heterocycles. The maximum absolute atomic E-state index is 14.5. The Kier molecular flexibility index (Phi) is 5.83. The molecule has 198 valence electrons. The predicted molar refractivity (Wildman–Crippen MR) is 144 cm³/mol. The van der Waals surface area contributed by atoms with E-state index in [9.17, 15) is 14.4 Å². The van der Waals surface area contributed by atoms with E-state index in [2.05, 4.69) is 4.98 Å². The molecule has 0 bridgehead atoms. The van der Waals surface area contributed by atoms with Gasteiger partial charge in [0.05, 0.1) is 6.61 Å². The number of carbonyl (C=O) groups is 3. The van der Waals surface area contributed by atoms with Gasteiger partial charge in [0.15, 0.2) is 5.41 Å². The molecule has 2 aliphatic rings. The monoisotopic (exact) mass is 523 g/mol. The van der Waals surface area contributed by atoms with Crippen molar-refractivity contribution in [3.8, 4) is 0 Å². The molecule has 7 nitrogen and oxygen atoms in total. The lowest BCUT2D eigenvalue weighted by Crippen LogP contribution is -2.62. The number of cyclic esters (lactones) is 2. The molecule has 0 unspecified atom stereocenters. The van der Waals surface area contributed by atoms with Crippen molar-refractivity contribution in [1.82, 2.24) is 4.98 Å². The minimum absolute atomic E-state index is 0.142. The smallest absolute Gasteiger partial charge is 0.328 e. The first-order valence-electron chi connectivity index (χ1n) is 13.1.